The van der Waals surface area contributed by atoms with Gasteiger partial charge in [0, 0.05) is 5.56 Å². The van der Waals surface area contributed by atoms with Crippen LogP contribution in [0.15, 0.2) is 12.1 Å². The van der Waals surface area contributed by atoms with Crippen LogP contribution in [0, 0.1) is 13.8 Å². The summed E-state index contributed by atoms with van der Waals surface area (Å²) in [6.07, 6.45) is -1.64. The summed E-state index contributed by atoms with van der Waals surface area (Å²) in [5.74, 6) is 0.559. The van der Waals surface area contributed by atoms with E-state index in [0.29, 0.717) is 17.9 Å². The van der Waals surface area contributed by atoms with Gasteiger partial charge in [-0.05, 0) is 37.9 Å². The number of rotatable bonds is 6. The predicted molar refractivity (Wildman–Crippen MR) is 69.5 cm³/mol. The Balaban J connectivity index is 3.15. The first-order valence-electron chi connectivity index (χ1n) is 6.18. The van der Waals surface area contributed by atoms with Crippen LogP contribution in [0.1, 0.15) is 36.1 Å². The van der Waals surface area contributed by atoms with E-state index >= 15 is 0 Å². The van der Waals surface area contributed by atoms with Crippen LogP contribution < -0.4 is 10.1 Å². The number of halogens is 2. The van der Waals surface area contributed by atoms with Crippen molar-refractivity contribution in [2.45, 2.75) is 39.7 Å². The Morgan fingerprint density at radius 3 is 2.44 bits per heavy atom. The van der Waals surface area contributed by atoms with Gasteiger partial charge in [-0.25, -0.2) is 8.78 Å². The largest absolute Gasteiger partial charge is 0.496 e. The normalized spacial score (nSPS) is 12.8. The van der Waals surface area contributed by atoms with Crippen molar-refractivity contribution in [1.82, 2.24) is 5.32 Å². The molecule has 0 aliphatic heterocycles. The van der Waals surface area contributed by atoms with Gasteiger partial charge in [0.1, 0.15) is 5.75 Å². The molecule has 1 aromatic rings. The summed E-state index contributed by atoms with van der Waals surface area (Å²) in [6.45, 7) is 6.34. The smallest absolute Gasteiger partial charge is 0.257 e. The predicted octanol–water partition coefficient (Wildman–Crippen LogP) is 3.62. The van der Waals surface area contributed by atoms with Gasteiger partial charge < -0.3 is 10.1 Å². The quantitative estimate of drug-likeness (QED) is 0.840. The van der Waals surface area contributed by atoms with Gasteiger partial charge in [0.25, 0.3) is 6.43 Å². The molecule has 0 aliphatic rings. The van der Waals surface area contributed by atoms with Crippen molar-refractivity contribution >= 4 is 0 Å². The number of aryl methyl sites for hydroxylation is 1. The maximum atomic E-state index is 13.1. The van der Waals surface area contributed by atoms with E-state index in [1.807, 2.05) is 26.8 Å². The average molecular weight is 257 g/mol. The summed E-state index contributed by atoms with van der Waals surface area (Å²) >= 11 is 0. The van der Waals surface area contributed by atoms with E-state index in [1.54, 1.807) is 6.07 Å². The Labute approximate surface area is 107 Å². The minimum Gasteiger partial charge on any atom is -0.496 e. The van der Waals surface area contributed by atoms with Gasteiger partial charge in [-0.3, -0.25) is 0 Å². The summed E-state index contributed by atoms with van der Waals surface area (Å²) < 4.78 is 31.6. The molecule has 1 N–H and O–H groups in total. The molecule has 1 aromatic carbocycles. The lowest BCUT2D eigenvalue weighted by Crippen LogP contribution is -2.28. The van der Waals surface area contributed by atoms with Gasteiger partial charge in [0.05, 0.1) is 13.2 Å². The fourth-order valence-electron chi connectivity index (χ4n) is 1.96. The Bertz CT molecular complexity index is 394. The molecule has 0 saturated carbocycles. The second-order valence-corrected chi connectivity index (χ2v) is 4.40. The minimum absolute atomic E-state index is 0.532. The SMILES string of the molecule is CCCNC(c1ccc(C)c(C)c1OC)C(F)F. The summed E-state index contributed by atoms with van der Waals surface area (Å²) in [6, 6.07) is 2.61. The van der Waals surface area contributed by atoms with Gasteiger partial charge >= 0.3 is 0 Å². The summed E-state index contributed by atoms with van der Waals surface area (Å²) in [4.78, 5) is 0. The second-order valence-electron chi connectivity index (χ2n) is 4.40. The zero-order chi connectivity index (χ0) is 13.7. The first-order valence-corrected chi connectivity index (χ1v) is 6.18. The van der Waals surface area contributed by atoms with Crippen molar-refractivity contribution in [3.05, 3.63) is 28.8 Å². The third-order valence-corrected chi connectivity index (χ3v) is 3.11. The van der Waals surface area contributed by atoms with Gasteiger partial charge in [-0.1, -0.05) is 19.1 Å². The van der Waals surface area contributed by atoms with Crippen molar-refractivity contribution in [2.24, 2.45) is 0 Å². The number of hydrogen-bond acceptors (Lipinski definition) is 2. The van der Waals surface area contributed by atoms with E-state index in [1.165, 1.54) is 7.11 Å². The van der Waals surface area contributed by atoms with Crippen LogP contribution in [-0.2, 0) is 0 Å². The molecule has 0 aromatic heterocycles. The van der Waals surface area contributed by atoms with Gasteiger partial charge in [-0.15, -0.1) is 0 Å². The van der Waals surface area contributed by atoms with Crippen LogP contribution in [0.4, 0.5) is 8.78 Å². The molecule has 0 amide bonds. The topological polar surface area (TPSA) is 21.3 Å². The molecule has 0 fully saturated rings. The standard InChI is InChI=1S/C14H21F2NO/c1-5-8-17-12(14(15)16)11-7-6-9(2)10(3)13(11)18-4/h6-7,12,14,17H,5,8H2,1-4H3. The van der Waals surface area contributed by atoms with Crippen molar-refractivity contribution in [2.75, 3.05) is 13.7 Å². The van der Waals surface area contributed by atoms with Gasteiger partial charge in [-0.2, -0.15) is 0 Å². The van der Waals surface area contributed by atoms with Crippen molar-refractivity contribution in [3.8, 4) is 5.75 Å². The van der Waals surface area contributed by atoms with E-state index in [9.17, 15) is 8.78 Å². The Kier molecular flexibility index (Phi) is 5.54. The zero-order valence-corrected chi connectivity index (χ0v) is 11.4. The average Bonchev–Trinajstić information content (AvgIpc) is 2.33. The molecule has 1 rings (SSSR count). The van der Waals surface area contributed by atoms with Crippen molar-refractivity contribution < 1.29 is 13.5 Å². The highest BCUT2D eigenvalue weighted by molar-refractivity contribution is 5.47. The number of benzene rings is 1. The lowest BCUT2D eigenvalue weighted by atomic mass is 9.99. The molecular formula is C14H21F2NO. The van der Waals surface area contributed by atoms with Gasteiger partial charge in [0.2, 0.25) is 0 Å². The molecule has 0 radical (unpaired) electrons. The fraction of sp³-hybridized carbons (Fsp3) is 0.571. The fourth-order valence-corrected chi connectivity index (χ4v) is 1.96. The van der Waals surface area contributed by atoms with Crippen LogP contribution >= 0.6 is 0 Å². The summed E-state index contributed by atoms with van der Waals surface area (Å²) in [5, 5.41) is 2.88. The van der Waals surface area contributed by atoms with Crippen LogP contribution in [-0.4, -0.2) is 20.1 Å². The molecular weight excluding hydrogens is 236 g/mol. The third kappa shape index (κ3) is 3.19. The van der Waals surface area contributed by atoms with Crippen molar-refractivity contribution in [3.63, 3.8) is 0 Å². The number of nitrogens with one attached hydrogen (secondary N) is 1. The number of hydrogen-bond donors (Lipinski definition) is 1. The Morgan fingerprint density at radius 1 is 1.28 bits per heavy atom. The Morgan fingerprint density at radius 2 is 1.94 bits per heavy atom. The monoisotopic (exact) mass is 257 g/mol. The minimum atomic E-state index is -2.45. The first-order chi connectivity index (χ1) is 8.52. The maximum absolute atomic E-state index is 13.1. The van der Waals surface area contributed by atoms with E-state index in [2.05, 4.69) is 5.32 Å². The number of alkyl halides is 2. The molecule has 4 heteroatoms. The summed E-state index contributed by atoms with van der Waals surface area (Å²) in [5.41, 5.74) is 2.49. The highest BCUT2D eigenvalue weighted by atomic mass is 19.3. The molecule has 0 heterocycles. The molecule has 0 aliphatic carbocycles. The lowest BCUT2D eigenvalue weighted by molar-refractivity contribution is 0.0971. The number of ether oxygens (including phenoxy) is 1. The lowest BCUT2D eigenvalue weighted by Gasteiger charge is -2.22. The van der Waals surface area contributed by atoms with E-state index in [-0.39, 0.29) is 0 Å². The van der Waals surface area contributed by atoms with Crippen LogP contribution in [0.25, 0.3) is 0 Å². The van der Waals surface area contributed by atoms with E-state index < -0.39 is 12.5 Å². The first kappa shape index (κ1) is 14.9. The van der Waals surface area contributed by atoms with Crippen LogP contribution in [0.3, 0.4) is 0 Å². The highest BCUT2D eigenvalue weighted by Crippen LogP contribution is 2.33. The molecule has 0 saturated heterocycles. The number of methoxy groups -OCH3 is 1. The molecule has 18 heavy (non-hydrogen) atoms. The van der Waals surface area contributed by atoms with Gasteiger partial charge in [0.15, 0.2) is 0 Å². The van der Waals surface area contributed by atoms with E-state index in [0.717, 1.165) is 17.5 Å². The highest BCUT2D eigenvalue weighted by Gasteiger charge is 2.25. The molecule has 2 nitrogen and oxygen atoms in total. The van der Waals surface area contributed by atoms with E-state index in [4.69, 9.17) is 4.74 Å². The summed E-state index contributed by atoms with van der Waals surface area (Å²) in [7, 11) is 1.52. The Hall–Kier alpha value is -1.16. The van der Waals surface area contributed by atoms with Crippen LogP contribution in [0.2, 0.25) is 0 Å². The molecule has 102 valence electrons. The molecule has 0 bridgehead atoms. The third-order valence-electron chi connectivity index (χ3n) is 3.11. The molecule has 1 atom stereocenters. The van der Waals surface area contributed by atoms with Crippen molar-refractivity contribution in [1.29, 1.82) is 0 Å². The van der Waals surface area contributed by atoms with Crippen LogP contribution in [0.5, 0.6) is 5.75 Å². The molecule has 0 spiro atoms. The zero-order valence-electron chi connectivity index (χ0n) is 11.4. The maximum Gasteiger partial charge on any atom is 0.257 e. The second kappa shape index (κ2) is 6.69. The molecule has 1 unspecified atom stereocenters.